The topological polar surface area (TPSA) is 66.4 Å². The van der Waals surface area contributed by atoms with Crippen molar-refractivity contribution < 1.29 is 9.13 Å². The second-order valence-corrected chi connectivity index (χ2v) is 8.73. The summed E-state index contributed by atoms with van der Waals surface area (Å²) in [5, 5.41) is 3.95. The van der Waals surface area contributed by atoms with Gasteiger partial charge in [-0.3, -0.25) is 9.88 Å². The number of pyridine rings is 1. The molecule has 7 nitrogen and oxygen atoms in total. The molecule has 2 aromatic heterocycles. The third kappa shape index (κ3) is 5.08. The lowest BCUT2D eigenvalue weighted by Gasteiger charge is -2.32. The van der Waals surface area contributed by atoms with Crippen LogP contribution in [-0.2, 0) is 0 Å². The molecule has 180 valence electrons. The van der Waals surface area contributed by atoms with Gasteiger partial charge in [-0.2, -0.15) is 0 Å². The zero-order chi connectivity index (χ0) is 24.2. The molecular weight excluding hydrogens is 443 g/mol. The number of likely N-dealkylation sites (N-methyl/N-ethyl adjacent to an activating group) is 1. The normalized spacial score (nSPS) is 14.8. The van der Waals surface area contributed by atoms with Crippen molar-refractivity contribution in [2.75, 3.05) is 58.7 Å². The van der Waals surface area contributed by atoms with Gasteiger partial charge in [-0.05, 0) is 42.9 Å². The second kappa shape index (κ2) is 10.3. The lowest BCUT2D eigenvalue weighted by Crippen LogP contribution is -2.45. The number of ether oxygens (including phenoxy) is 1. The van der Waals surface area contributed by atoms with Crippen LogP contribution in [0, 0.1) is 5.82 Å². The van der Waals surface area contributed by atoms with Gasteiger partial charge in [0, 0.05) is 68.7 Å². The maximum absolute atomic E-state index is 14.7. The van der Waals surface area contributed by atoms with Crippen LogP contribution in [0.4, 0.5) is 10.2 Å². The van der Waals surface area contributed by atoms with Gasteiger partial charge in [0.1, 0.15) is 29.5 Å². The summed E-state index contributed by atoms with van der Waals surface area (Å²) >= 11 is 0. The van der Waals surface area contributed by atoms with Gasteiger partial charge in [-0.1, -0.05) is 18.2 Å². The Labute approximate surface area is 204 Å². The van der Waals surface area contributed by atoms with Crippen LogP contribution in [0.15, 0.2) is 60.9 Å². The van der Waals surface area contributed by atoms with Crippen LogP contribution in [-0.4, -0.2) is 78.2 Å². The molecule has 1 aliphatic rings. The monoisotopic (exact) mass is 472 g/mol. The maximum atomic E-state index is 14.7. The second-order valence-electron chi connectivity index (χ2n) is 8.73. The van der Waals surface area contributed by atoms with E-state index in [-0.39, 0.29) is 5.82 Å². The fourth-order valence-electron chi connectivity index (χ4n) is 4.33. The van der Waals surface area contributed by atoms with Crippen LogP contribution < -0.4 is 10.1 Å². The molecule has 0 unspecified atom stereocenters. The molecule has 1 fully saturated rings. The summed E-state index contributed by atoms with van der Waals surface area (Å²) in [6.07, 6.45) is 3.46. The largest absolute Gasteiger partial charge is 0.490 e. The highest BCUT2D eigenvalue weighted by Crippen LogP contribution is 2.36. The van der Waals surface area contributed by atoms with E-state index in [0.29, 0.717) is 35.1 Å². The summed E-state index contributed by atoms with van der Waals surface area (Å²) < 4.78 is 21.0. The van der Waals surface area contributed by atoms with Gasteiger partial charge in [0.15, 0.2) is 5.82 Å². The van der Waals surface area contributed by atoms with Crippen molar-refractivity contribution >= 4 is 16.7 Å². The quantitative estimate of drug-likeness (QED) is 0.433. The Kier molecular flexibility index (Phi) is 6.83. The SMILES string of the molecule is CNc1nc(-c2cccnc2)nc2c(OCCN3CCN(C)CC3)cc(-c3ccccc3F)cc12. The van der Waals surface area contributed by atoms with E-state index in [2.05, 4.69) is 27.1 Å². The van der Waals surface area contributed by atoms with E-state index >= 15 is 0 Å². The molecule has 3 heterocycles. The number of nitrogens with zero attached hydrogens (tertiary/aromatic N) is 5. The highest BCUT2D eigenvalue weighted by Gasteiger charge is 2.18. The summed E-state index contributed by atoms with van der Waals surface area (Å²) in [6, 6.07) is 14.3. The molecule has 1 N–H and O–H groups in total. The highest BCUT2D eigenvalue weighted by atomic mass is 19.1. The number of anilines is 1. The Hall–Kier alpha value is -3.62. The summed E-state index contributed by atoms with van der Waals surface area (Å²) in [6.45, 7) is 5.48. The Morgan fingerprint density at radius 3 is 2.57 bits per heavy atom. The first-order chi connectivity index (χ1) is 17.1. The van der Waals surface area contributed by atoms with E-state index in [0.717, 1.165) is 49.2 Å². The molecule has 1 aliphatic heterocycles. The lowest BCUT2D eigenvalue weighted by atomic mass is 10.0. The van der Waals surface area contributed by atoms with Crippen molar-refractivity contribution in [3.63, 3.8) is 0 Å². The fraction of sp³-hybridized carbons (Fsp3) is 0.296. The van der Waals surface area contributed by atoms with Gasteiger partial charge in [0.2, 0.25) is 0 Å². The van der Waals surface area contributed by atoms with E-state index in [1.54, 1.807) is 24.5 Å². The highest BCUT2D eigenvalue weighted by molar-refractivity contribution is 5.97. The van der Waals surface area contributed by atoms with Gasteiger partial charge in [0.25, 0.3) is 0 Å². The number of piperazine rings is 1. The summed E-state index contributed by atoms with van der Waals surface area (Å²) in [7, 11) is 3.96. The molecule has 0 spiro atoms. The Morgan fingerprint density at radius 2 is 1.83 bits per heavy atom. The average Bonchev–Trinajstić information content (AvgIpc) is 2.90. The molecule has 0 aliphatic carbocycles. The van der Waals surface area contributed by atoms with Gasteiger partial charge < -0.3 is 15.0 Å². The number of fused-ring (bicyclic) bond motifs is 1. The first-order valence-corrected chi connectivity index (χ1v) is 11.8. The van der Waals surface area contributed by atoms with Crippen LogP contribution >= 0.6 is 0 Å². The van der Waals surface area contributed by atoms with Crippen LogP contribution in [0.5, 0.6) is 5.75 Å². The van der Waals surface area contributed by atoms with E-state index in [9.17, 15) is 4.39 Å². The predicted octanol–water partition coefficient (Wildman–Crippen LogP) is 4.17. The first-order valence-electron chi connectivity index (χ1n) is 11.8. The number of hydrogen-bond donors (Lipinski definition) is 1. The minimum absolute atomic E-state index is 0.283. The fourth-order valence-corrected chi connectivity index (χ4v) is 4.33. The standard InChI is InChI=1S/C27H29FN6O/c1-29-27-22-16-20(21-7-3-4-8-23(21)28)17-24(35-15-14-34-12-10-33(2)11-13-34)25(22)31-26(32-27)19-6-5-9-30-18-19/h3-9,16-18H,10-15H2,1-2H3,(H,29,31,32). The van der Waals surface area contributed by atoms with Gasteiger partial charge >= 0.3 is 0 Å². The molecule has 0 radical (unpaired) electrons. The molecule has 2 aromatic carbocycles. The van der Waals surface area contributed by atoms with Crippen molar-refractivity contribution in [3.05, 3.63) is 66.7 Å². The average molecular weight is 473 g/mol. The van der Waals surface area contributed by atoms with Crippen molar-refractivity contribution in [2.24, 2.45) is 0 Å². The number of aromatic nitrogens is 3. The van der Waals surface area contributed by atoms with Crippen molar-refractivity contribution in [1.82, 2.24) is 24.8 Å². The van der Waals surface area contributed by atoms with Gasteiger partial charge in [-0.25, -0.2) is 14.4 Å². The molecule has 0 saturated carbocycles. The number of nitrogens with one attached hydrogen (secondary N) is 1. The predicted molar refractivity (Wildman–Crippen MR) is 137 cm³/mol. The lowest BCUT2D eigenvalue weighted by molar-refractivity contribution is 0.134. The minimum atomic E-state index is -0.283. The van der Waals surface area contributed by atoms with E-state index in [1.165, 1.54) is 6.07 Å². The van der Waals surface area contributed by atoms with Crippen LogP contribution in [0.1, 0.15) is 0 Å². The van der Waals surface area contributed by atoms with E-state index < -0.39 is 0 Å². The number of benzene rings is 2. The molecule has 8 heteroatoms. The molecule has 0 amide bonds. The zero-order valence-electron chi connectivity index (χ0n) is 20.0. The minimum Gasteiger partial charge on any atom is -0.490 e. The van der Waals surface area contributed by atoms with Crippen molar-refractivity contribution in [1.29, 1.82) is 0 Å². The molecule has 0 bridgehead atoms. The third-order valence-corrected chi connectivity index (χ3v) is 6.37. The Balaban J connectivity index is 1.56. The molecule has 1 saturated heterocycles. The zero-order valence-corrected chi connectivity index (χ0v) is 20.0. The summed E-state index contributed by atoms with van der Waals surface area (Å²) in [5.74, 6) is 1.53. The molecule has 4 aromatic rings. The third-order valence-electron chi connectivity index (χ3n) is 6.37. The van der Waals surface area contributed by atoms with Crippen LogP contribution in [0.3, 0.4) is 0 Å². The number of rotatable bonds is 7. The van der Waals surface area contributed by atoms with Crippen LogP contribution in [0.2, 0.25) is 0 Å². The van der Waals surface area contributed by atoms with Crippen molar-refractivity contribution in [2.45, 2.75) is 0 Å². The maximum Gasteiger partial charge on any atom is 0.163 e. The Bertz CT molecular complexity index is 1310. The molecule has 35 heavy (non-hydrogen) atoms. The Morgan fingerprint density at radius 1 is 1.00 bits per heavy atom. The summed E-state index contributed by atoms with van der Waals surface area (Å²) in [5.41, 5.74) is 2.73. The van der Waals surface area contributed by atoms with E-state index in [4.69, 9.17) is 14.7 Å². The molecular formula is C27H29FN6O. The van der Waals surface area contributed by atoms with E-state index in [1.807, 2.05) is 37.4 Å². The smallest absolute Gasteiger partial charge is 0.163 e. The summed E-state index contributed by atoms with van der Waals surface area (Å²) in [4.78, 5) is 18.5. The number of hydrogen-bond acceptors (Lipinski definition) is 7. The van der Waals surface area contributed by atoms with Crippen LogP contribution in [0.25, 0.3) is 33.4 Å². The molecule has 5 rings (SSSR count). The van der Waals surface area contributed by atoms with Crippen molar-refractivity contribution in [3.8, 4) is 28.3 Å². The first kappa shape index (κ1) is 23.1. The van der Waals surface area contributed by atoms with Gasteiger partial charge in [0.05, 0.1) is 0 Å². The molecule has 0 atom stereocenters. The van der Waals surface area contributed by atoms with Gasteiger partial charge in [-0.15, -0.1) is 0 Å². The number of halogens is 1.